The van der Waals surface area contributed by atoms with Crippen molar-refractivity contribution in [1.29, 1.82) is 0 Å². The Hall–Kier alpha value is -2.52. The van der Waals surface area contributed by atoms with Gasteiger partial charge in [-0.25, -0.2) is 0 Å². The van der Waals surface area contributed by atoms with Gasteiger partial charge < -0.3 is 13.6 Å². The normalized spacial score (nSPS) is 21.8. The van der Waals surface area contributed by atoms with Crippen molar-refractivity contribution in [3.8, 4) is 0 Å². The van der Waals surface area contributed by atoms with E-state index in [-0.39, 0.29) is 52.6 Å². The number of allylic oxidation sites excluding steroid dienone is 1. The molecule has 0 radical (unpaired) electrons. The summed E-state index contributed by atoms with van der Waals surface area (Å²) in [5.41, 5.74) is 0. The zero-order valence-electron chi connectivity index (χ0n) is 28.6. The third-order valence-electron chi connectivity index (χ3n) is 9.52. The minimum absolute atomic E-state index is 0.0112. The summed E-state index contributed by atoms with van der Waals surface area (Å²) in [6, 6.07) is 21.4. The van der Waals surface area contributed by atoms with E-state index in [9.17, 15) is 4.79 Å². The van der Waals surface area contributed by atoms with E-state index in [4.69, 9.17) is 13.6 Å². The summed E-state index contributed by atoms with van der Waals surface area (Å²) in [5, 5.41) is 2.28. The van der Waals surface area contributed by atoms with Crippen molar-refractivity contribution in [2.75, 3.05) is 0 Å². The molecule has 6 heteroatoms. The molecular formula is C38H56O4Si2. The molecule has 4 nitrogen and oxygen atoms in total. The van der Waals surface area contributed by atoms with E-state index in [1.807, 2.05) is 13.0 Å². The van der Waals surface area contributed by atoms with Crippen LogP contribution in [0.3, 0.4) is 0 Å². The Morgan fingerprint density at radius 1 is 0.795 bits per heavy atom. The molecule has 1 aliphatic carbocycles. The number of rotatable bonds is 13. The summed E-state index contributed by atoms with van der Waals surface area (Å²) in [4.78, 5) is 13.6. The topological polar surface area (TPSA) is 44.8 Å². The van der Waals surface area contributed by atoms with Crippen molar-refractivity contribution in [3.05, 3.63) is 98.1 Å². The van der Waals surface area contributed by atoms with Gasteiger partial charge >= 0.3 is 5.97 Å². The van der Waals surface area contributed by atoms with Crippen LogP contribution in [0.5, 0.6) is 0 Å². The monoisotopic (exact) mass is 632 g/mol. The molecule has 0 saturated carbocycles. The molecule has 2 aromatic carbocycles. The Morgan fingerprint density at radius 2 is 1.30 bits per heavy atom. The third-order valence-corrected chi connectivity index (χ3v) is 19.0. The van der Waals surface area contributed by atoms with Gasteiger partial charge in [-0.05, 0) is 52.8 Å². The van der Waals surface area contributed by atoms with Crippen LogP contribution < -0.4 is 10.4 Å². The van der Waals surface area contributed by atoms with Crippen molar-refractivity contribution < 1.29 is 18.4 Å². The maximum absolute atomic E-state index is 13.6. The fraction of sp³-hybridized carbons (Fsp3) is 0.500. The van der Waals surface area contributed by atoms with Gasteiger partial charge in [0.25, 0.3) is 8.32 Å². The van der Waals surface area contributed by atoms with Crippen LogP contribution in [0.25, 0.3) is 0 Å². The van der Waals surface area contributed by atoms with Crippen LogP contribution in [-0.2, 0) is 18.4 Å². The maximum atomic E-state index is 13.6. The lowest BCUT2D eigenvalue weighted by Crippen LogP contribution is -2.68. The second-order valence-electron chi connectivity index (χ2n) is 14.9. The van der Waals surface area contributed by atoms with Gasteiger partial charge in [0.1, 0.15) is 6.10 Å². The number of ether oxygens (including phenoxy) is 1. The van der Waals surface area contributed by atoms with Crippen LogP contribution >= 0.6 is 0 Å². The second kappa shape index (κ2) is 14.7. The Labute approximate surface area is 269 Å². The van der Waals surface area contributed by atoms with E-state index >= 15 is 0 Å². The molecule has 3 rings (SSSR count). The van der Waals surface area contributed by atoms with Gasteiger partial charge in [-0.1, -0.05) is 127 Å². The highest BCUT2D eigenvalue weighted by atomic mass is 28.4. The van der Waals surface area contributed by atoms with E-state index in [2.05, 4.69) is 141 Å². The average molecular weight is 633 g/mol. The fourth-order valence-corrected chi connectivity index (χ4v) is 12.1. The highest BCUT2D eigenvalue weighted by Crippen LogP contribution is 2.45. The maximum Gasteiger partial charge on any atom is 0.306 e. The second-order valence-corrected chi connectivity index (χ2v) is 23.9. The smallest absolute Gasteiger partial charge is 0.306 e. The predicted molar refractivity (Wildman–Crippen MR) is 190 cm³/mol. The molecule has 0 aromatic heterocycles. The zero-order valence-corrected chi connectivity index (χ0v) is 30.6. The Balaban J connectivity index is 2.19. The van der Waals surface area contributed by atoms with E-state index < -0.39 is 16.6 Å². The Bertz CT molecular complexity index is 1220. The van der Waals surface area contributed by atoms with Crippen LogP contribution in [-0.4, -0.2) is 40.9 Å². The molecule has 0 spiro atoms. The Morgan fingerprint density at radius 3 is 1.73 bits per heavy atom. The first-order valence-electron chi connectivity index (χ1n) is 16.1. The van der Waals surface area contributed by atoms with Crippen molar-refractivity contribution >= 4 is 33.0 Å². The van der Waals surface area contributed by atoms with Gasteiger partial charge in [0.05, 0.1) is 18.6 Å². The molecule has 0 N–H and O–H groups in total. The number of hydrogen-bond acceptors (Lipinski definition) is 4. The molecule has 0 amide bonds. The van der Waals surface area contributed by atoms with Crippen LogP contribution in [0.4, 0.5) is 0 Å². The number of esters is 1. The summed E-state index contributed by atoms with van der Waals surface area (Å²) in [7, 11) is -5.02. The van der Waals surface area contributed by atoms with Gasteiger partial charge in [-0.2, -0.15) is 0 Å². The third kappa shape index (κ3) is 8.19. The molecule has 0 bridgehead atoms. The first kappa shape index (κ1) is 36.0. The molecule has 2 aromatic rings. The standard InChI is InChI=1S/C38H56O4Si2/c1-12-20-29(3)40-36(39)28-33-32(21-13-2)34(41-43(10,11)37(4,5)6)26-27-35(33)42-44(38(7,8)9,30-22-16-14-17-23-30)31-24-18-15-19-25-31/h12-19,22-27,29,32-35H,1-2,20-21,28H2,3-11H3/t29-,32+,33+,34+,35-/m0/s1. The van der Waals surface area contributed by atoms with Crippen LogP contribution in [0, 0.1) is 11.8 Å². The molecule has 1 aliphatic rings. The number of carbonyl (C=O) groups excluding carboxylic acids is 1. The molecule has 0 unspecified atom stereocenters. The molecule has 5 atom stereocenters. The summed E-state index contributed by atoms with van der Waals surface area (Å²) in [6.07, 6.45) is 9.03. The van der Waals surface area contributed by atoms with Gasteiger partial charge in [0.15, 0.2) is 8.32 Å². The zero-order chi connectivity index (χ0) is 32.8. The lowest BCUT2D eigenvalue weighted by molar-refractivity contribution is -0.151. The molecular weight excluding hydrogens is 577 g/mol. The SMILES string of the molecule is C=CC[C@@H]1[C@@H](CC(=O)O[C@@H](C)CC=C)[C@@H](O[Si](c2ccccc2)(c2ccccc2)C(C)(C)C)C=C[C@H]1O[Si](C)(C)C(C)(C)C. The van der Waals surface area contributed by atoms with Crippen LogP contribution in [0.2, 0.25) is 23.2 Å². The summed E-state index contributed by atoms with van der Waals surface area (Å²) in [5.74, 6) is -0.356. The van der Waals surface area contributed by atoms with Crippen molar-refractivity contribution in [2.24, 2.45) is 11.8 Å². The van der Waals surface area contributed by atoms with Crippen molar-refractivity contribution in [3.63, 3.8) is 0 Å². The highest BCUT2D eigenvalue weighted by Gasteiger charge is 2.53. The molecule has 44 heavy (non-hydrogen) atoms. The van der Waals surface area contributed by atoms with Gasteiger partial charge in [0, 0.05) is 12.3 Å². The first-order valence-corrected chi connectivity index (χ1v) is 21.0. The molecule has 240 valence electrons. The number of benzene rings is 2. The highest BCUT2D eigenvalue weighted by molar-refractivity contribution is 6.99. The first-order chi connectivity index (χ1) is 20.6. The van der Waals surface area contributed by atoms with Crippen LogP contribution in [0.1, 0.15) is 67.7 Å². The van der Waals surface area contributed by atoms with Crippen molar-refractivity contribution in [1.82, 2.24) is 0 Å². The predicted octanol–water partition coefficient (Wildman–Crippen LogP) is 8.60. The molecule has 0 saturated heterocycles. The number of hydrogen-bond donors (Lipinski definition) is 0. The fourth-order valence-electron chi connectivity index (χ4n) is 6.17. The molecule has 0 aliphatic heterocycles. The molecule has 0 heterocycles. The number of carbonyl (C=O) groups is 1. The quantitative estimate of drug-likeness (QED) is 0.126. The average Bonchev–Trinajstić information content (AvgIpc) is 2.94. The molecule has 0 fully saturated rings. The van der Waals surface area contributed by atoms with E-state index in [0.29, 0.717) is 12.8 Å². The van der Waals surface area contributed by atoms with E-state index in [0.717, 1.165) is 0 Å². The summed E-state index contributed by atoms with van der Waals surface area (Å²) < 4.78 is 20.6. The van der Waals surface area contributed by atoms with E-state index in [1.165, 1.54) is 10.4 Å². The minimum Gasteiger partial charge on any atom is -0.462 e. The van der Waals surface area contributed by atoms with Crippen LogP contribution in [0.15, 0.2) is 98.1 Å². The lowest BCUT2D eigenvalue weighted by Gasteiger charge is -2.49. The van der Waals surface area contributed by atoms with E-state index in [1.54, 1.807) is 6.08 Å². The largest absolute Gasteiger partial charge is 0.462 e. The van der Waals surface area contributed by atoms with Gasteiger partial charge in [-0.15, -0.1) is 13.2 Å². The Kier molecular flexibility index (Phi) is 12.0. The minimum atomic E-state index is -2.90. The van der Waals surface area contributed by atoms with Gasteiger partial charge in [0.2, 0.25) is 0 Å². The van der Waals surface area contributed by atoms with Crippen molar-refractivity contribution in [2.45, 2.75) is 109 Å². The lowest BCUT2D eigenvalue weighted by atomic mass is 9.76. The summed E-state index contributed by atoms with van der Waals surface area (Å²) >= 11 is 0. The summed E-state index contributed by atoms with van der Waals surface area (Å²) in [6.45, 7) is 28.1. The van der Waals surface area contributed by atoms with Gasteiger partial charge in [-0.3, -0.25) is 4.79 Å².